The van der Waals surface area contributed by atoms with Gasteiger partial charge in [-0.05, 0) is 67.8 Å². The number of nitrogens with one attached hydrogen (secondary N) is 2. The third-order valence-corrected chi connectivity index (χ3v) is 6.55. The second-order valence-corrected chi connectivity index (χ2v) is 9.76. The van der Waals surface area contributed by atoms with Crippen molar-refractivity contribution in [3.05, 3.63) is 78.0 Å². The van der Waals surface area contributed by atoms with Gasteiger partial charge in [0.2, 0.25) is 0 Å². The third-order valence-electron chi connectivity index (χ3n) is 6.55. The molecule has 0 aliphatic rings. The highest BCUT2D eigenvalue weighted by Gasteiger charge is 2.38. The van der Waals surface area contributed by atoms with Crippen LogP contribution in [0.4, 0.5) is 0 Å². The molecule has 1 atom stereocenters. The highest BCUT2D eigenvalue weighted by Crippen LogP contribution is 2.34. The Morgan fingerprint density at radius 2 is 1.56 bits per heavy atom. The van der Waals surface area contributed by atoms with Crippen molar-refractivity contribution >= 4 is 22.8 Å². The molecule has 1 amide bonds. The van der Waals surface area contributed by atoms with Gasteiger partial charge in [0.25, 0.3) is 5.91 Å². The van der Waals surface area contributed by atoms with Gasteiger partial charge in [0.05, 0.1) is 33.0 Å². The normalized spacial score (nSPS) is 12.6. The van der Waals surface area contributed by atoms with Gasteiger partial charge in [0, 0.05) is 23.5 Å². The number of carbonyl (C=O) groups is 2. The molecular formula is C31H34N2O6. The standard InChI is InChI=1S/C31H34N2O6/c1-19(2)39-26-13-11-20(21-12-14-27(36-4)28(16-21)37-5)15-24(26)29(34)33-31(3,30(35)38-6)17-22-18-32-25-10-8-7-9-23(22)25/h7-16,18-19,32H,17H2,1-6H3,(H,33,34). The summed E-state index contributed by atoms with van der Waals surface area (Å²) in [7, 11) is 4.46. The van der Waals surface area contributed by atoms with Gasteiger partial charge >= 0.3 is 5.97 Å². The van der Waals surface area contributed by atoms with Crippen LogP contribution in [0.2, 0.25) is 0 Å². The number of para-hydroxylation sites is 1. The molecule has 1 aromatic heterocycles. The fourth-order valence-corrected chi connectivity index (χ4v) is 4.63. The van der Waals surface area contributed by atoms with Gasteiger partial charge in [0.15, 0.2) is 11.5 Å². The van der Waals surface area contributed by atoms with E-state index in [-0.39, 0.29) is 12.5 Å². The number of methoxy groups -OCH3 is 3. The molecule has 8 nitrogen and oxygen atoms in total. The quantitative estimate of drug-likeness (QED) is 0.261. The maximum atomic E-state index is 13.8. The number of benzene rings is 3. The summed E-state index contributed by atoms with van der Waals surface area (Å²) in [6.07, 6.45) is 1.91. The number of amides is 1. The molecule has 0 aliphatic heterocycles. The molecular weight excluding hydrogens is 496 g/mol. The SMILES string of the molecule is COC(=O)C(C)(Cc1c[nH]c2ccccc12)NC(=O)c1cc(-c2ccc(OC)c(OC)c2)ccc1OC(C)C. The molecule has 1 unspecified atom stereocenters. The molecule has 0 saturated heterocycles. The number of fused-ring (bicyclic) bond motifs is 1. The van der Waals surface area contributed by atoms with Gasteiger partial charge in [-0.3, -0.25) is 4.79 Å². The number of aromatic amines is 1. The van der Waals surface area contributed by atoms with E-state index in [0.717, 1.165) is 27.6 Å². The summed E-state index contributed by atoms with van der Waals surface area (Å²) in [4.78, 5) is 30.1. The van der Waals surface area contributed by atoms with Gasteiger partial charge in [-0.15, -0.1) is 0 Å². The van der Waals surface area contributed by atoms with Crippen LogP contribution in [0.1, 0.15) is 36.7 Å². The van der Waals surface area contributed by atoms with Crippen LogP contribution in [-0.4, -0.2) is 49.8 Å². The smallest absolute Gasteiger partial charge is 0.331 e. The molecule has 2 N–H and O–H groups in total. The largest absolute Gasteiger partial charge is 0.493 e. The minimum atomic E-state index is -1.34. The van der Waals surface area contributed by atoms with E-state index in [1.54, 1.807) is 33.3 Å². The van der Waals surface area contributed by atoms with Crippen molar-refractivity contribution < 1.29 is 28.5 Å². The van der Waals surface area contributed by atoms with Crippen LogP contribution in [0.3, 0.4) is 0 Å². The van der Waals surface area contributed by atoms with Gasteiger partial charge in [-0.2, -0.15) is 0 Å². The summed E-state index contributed by atoms with van der Waals surface area (Å²) in [5.41, 5.74) is 2.38. The Morgan fingerprint density at radius 3 is 2.23 bits per heavy atom. The molecule has 4 rings (SSSR count). The predicted molar refractivity (Wildman–Crippen MR) is 151 cm³/mol. The first kappa shape index (κ1) is 27.6. The minimum Gasteiger partial charge on any atom is -0.493 e. The lowest BCUT2D eigenvalue weighted by molar-refractivity contribution is -0.147. The molecule has 0 aliphatic carbocycles. The van der Waals surface area contributed by atoms with E-state index in [0.29, 0.717) is 22.8 Å². The lowest BCUT2D eigenvalue weighted by atomic mass is 9.91. The number of H-pyrrole nitrogens is 1. The maximum absolute atomic E-state index is 13.8. The number of hydrogen-bond donors (Lipinski definition) is 2. The number of hydrogen-bond acceptors (Lipinski definition) is 6. The molecule has 0 spiro atoms. The Morgan fingerprint density at radius 1 is 0.897 bits per heavy atom. The molecule has 3 aromatic carbocycles. The highest BCUT2D eigenvalue weighted by molar-refractivity contribution is 6.01. The Balaban J connectivity index is 1.72. The van der Waals surface area contributed by atoms with Crippen LogP contribution in [-0.2, 0) is 16.0 Å². The lowest BCUT2D eigenvalue weighted by Crippen LogP contribution is -2.54. The molecule has 8 heteroatoms. The van der Waals surface area contributed by atoms with Crippen molar-refractivity contribution in [3.63, 3.8) is 0 Å². The Labute approximate surface area is 228 Å². The lowest BCUT2D eigenvalue weighted by Gasteiger charge is -2.28. The summed E-state index contributed by atoms with van der Waals surface area (Å²) in [6, 6.07) is 18.7. The van der Waals surface area contributed by atoms with Crippen LogP contribution in [0.5, 0.6) is 17.2 Å². The first-order valence-electron chi connectivity index (χ1n) is 12.7. The van der Waals surface area contributed by atoms with E-state index in [1.165, 1.54) is 7.11 Å². The van der Waals surface area contributed by atoms with Crippen molar-refractivity contribution in [1.82, 2.24) is 10.3 Å². The van der Waals surface area contributed by atoms with Gasteiger partial charge in [-0.25, -0.2) is 4.79 Å². The van der Waals surface area contributed by atoms with Crippen LogP contribution in [0.25, 0.3) is 22.0 Å². The average molecular weight is 531 g/mol. The monoisotopic (exact) mass is 530 g/mol. The van der Waals surface area contributed by atoms with Crippen molar-refractivity contribution in [1.29, 1.82) is 0 Å². The zero-order valence-electron chi connectivity index (χ0n) is 23.1. The topological polar surface area (TPSA) is 98.9 Å². The number of esters is 1. The van der Waals surface area contributed by atoms with Crippen molar-refractivity contribution in [3.8, 4) is 28.4 Å². The maximum Gasteiger partial charge on any atom is 0.331 e. The summed E-state index contributed by atoms with van der Waals surface area (Å²) < 4.78 is 21.9. The Kier molecular flexibility index (Phi) is 8.14. The number of carbonyl (C=O) groups excluding carboxylic acids is 2. The predicted octanol–water partition coefficient (Wildman–Crippen LogP) is 5.54. The molecule has 1 heterocycles. The summed E-state index contributed by atoms with van der Waals surface area (Å²) in [6.45, 7) is 5.44. The first-order valence-corrected chi connectivity index (χ1v) is 12.7. The van der Waals surface area contributed by atoms with E-state index in [4.69, 9.17) is 18.9 Å². The van der Waals surface area contributed by atoms with Crippen LogP contribution < -0.4 is 19.5 Å². The Bertz CT molecular complexity index is 1490. The van der Waals surface area contributed by atoms with E-state index in [2.05, 4.69) is 10.3 Å². The van der Waals surface area contributed by atoms with Crippen LogP contribution in [0.15, 0.2) is 66.9 Å². The molecule has 0 radical (unpaired) electrons. The average Bonchev–Trinajstić information content (AvgIpc) is 3.34. The van der Waals surface area contributed by atoms with Gasteiger partial charge in [-0.1, -0.05) is 30.3 Å². The first-order chi connectivity index (χ1) is 18.7. The molecule has 0 fully saturated rings. The van der Waals surface area contributed by atoms with Crippen molar-refractivity contribution in [2.45, 2.75) is 38.8 Å². The fraction of sp³-hybridized carbons (Fsp3) is 0.290. The molecule has 39 heavy (non-hydrogen) atoms. The van der Waals surface area contributed by atoms with E-state index in [9.17, 15) is 9.59 Å². The van der Waals surface area contributed by atoms with Crippen LogP contribution >= 0.6 is 0 Å². The number of ether oxygens (including phenoxy) is 4. The molecule has 0 bridgehead atoms. The van der Waals surface area contributed by atoms with Crippen LogP contribution in [0, 0.1) is 0 Å². The zero-order valence-corrected chi connectivity index (χ0v) is 23.1. The summed E-state index contributed by atoms with van der Waals surface area (Å²) >= 11 is 0. The zero-order chi connectivity index (χ0) is 28.2. The van der Waals surface area contributed by atoms with Crippen molar-refractivity contribution in [2.75, 3.05) is 21.3 Å². The number of aromatic nitrogens is 1. The van der Waals surface area contributed by atoms with Gasteiger partial charge < -0.3 is 29.2 Å². The fourth-order valence-electron chi connectivity index (χ4n) is 4.63. The van der Waals surface area contributed by atoms with Gasteiger partial charge in [0.1, 0.15) is 11.3 Å². The summed E-state index contributed by atoms with van der Waals surface area (Å²) in [5, 5.41) is 3.92. The molecule has 204 valence electrons. The second-order valence-electron chi connectivity index (χ2n) is 9.76. The van der Waals surface area contributed by atoms with Crippen molar-refractivity contribution in [2.24, 2.45) is 0 Å². The number of rotatable bonds is 10. The molecule has 4 aromatic rings. The Hall–Kier alpha value is -4.46. The third kappa shape index (κ3) is 5.85. The summed E-state index contributed by atoms with van der Waals surface area (Å²) in [5.74, 6) is 0.570. The van der Waals surface area contributed by atoms with E-state index in [1.807, 2.05) is 68.6 Å². The second kappa shape index (κ2) is 11.5. The molecule has 0 saturated carbocycles. The minimum absolute atomic E-state index is 0.165. The van der Waals surface area contributed by atoms with E-state index < -0.39 is 17.4 Å². The highest BCUT2D eigenvalue weighted by atomic mass is 16.5. The van der Waals surface area contributed by atoms with E-state index >= 15 is 0 Å².